The maximum atomic E-state index is 12.7. The van der Waals surface area contributed by atoms with Crippen molar-refractivity contribution in [2.45, 2.75) is 32.7 Å². The molecule has 0 saturated heterocycles. The van der Waals surface area contributed by atoms with E-state index in [4.69, 9.17) is 4.42 Å². The summed E-state index contributed by atoms with van der Waals surface area (Å²) in [5.41, 5.74) is 2.46. The molecule has 2 aromatic heterocycles. The van der Waals surface area contributed by atoms with Crippen molar-refractivity contribution in [3.05, 3.63) is 65.7 Å². The Morgan fingerprint density at radius 1 is 1.17 bits per heavy atom. The summed E-state index contributed by atoms with van der Waals surface area (Å²) in [5.74, 6) is 0.693. The SMILES string of the molecule is CCCCc1oc2ccccc2c1C(=O)NCc1ccncc1. The minimum Gasteiger partial charge on any atom is -0.460 e. The fourth-order valence-electron chi connectivity index (χ4n) is 2.63. The van der Waals surface area contributed by atoms with E-state index >= 15 is 0 Å². The van der Waals surface area contributed by atoms with E-state index in [2.05, 4.69) is 17.2 Å². The molecule has 1 aromatic carbocycles. The molecule has 0 unspecified atom stereocenters. The third-order valence-electron chi connectivity index (χ3n) is 3.86. The lowest BCUT2D eigenvalue weighted by molar-refractivity contribution is 0.0950. The summed E-state index contributed by atoms with van der Waals surface area (Å²) in [5, 5.41) is 3.86. The number of unbranched alkanes of at least 4 members (excludes halogenated alkanes) is 1. The number of rotatable bonds is 6. The molecule has 4 nitrogen and oxygen atoms in total. The average molecular weight is 308 g/mol. The first-order valence-corrected chi connectivity index (χ1v) is 7.97. The number of furan rings is 1. The van der Waals surface area contributed by atoms with Crippen LogP contribution in [0.4, 0.5) is 0 Å². The fourth-order valence-corrected chi connectivity index (χ4v) is 2.63. The van der Waals surface area contributed by atoms with Gasteiger partial charge in [-0.3, -0.25) is 9.78 Å². The summed E-state index contributed by atoms with van der Waals surface area (Å²) in [4.78, 5) is 16.7. The van der Waals surface area contributed by atoms with Crippen LogP contribution >= 0.6 is 0 Å². The molecular weight excluding hydrogens is 288 g/mol. The van der Waals surface area contributed by atoms with Crippen LogP contribution in [0.5, 0.6) is 0 Å². The van der Waals surface area contributed by atoms with E-state index < -0.39 is 0 Å². The number of aryl methyl sites for hydroxylation is 1. The summed E-state index contributed by atoms with van der Waals surface area (Å²) in [7, 11) is 0. The smallest absolute Gasteiger partial charge is 0.255 e. The predicted octanol–water partition coefficient (Wildman–Crippen LogP) is 4.10. The summed E-state index contributed by atoms with van der Waals surface area (Å²) in [6.45, 7) is 2.61. The molecule has 0 radical (unpaired) electrons. The maximum absolute atomic E-state index is 12.7. The molecule has 118 valence electrons. The second-order valence-corrected chi connectivity index (χ2v) is 5.54. The fraction of sp³-hybridized carbons (Fsp3) is 0.263. The Morgan fingerprint density at radius 2 is 1.96 bits per heavy atom. The number of para-hydroxylation sites is 1. The van der Waals surface area contributed by atoms with E-state index in [-0.39, 0.29) is 5.91 Å². The largest absolute Gasteiger partial charge is 0.460 e. The first kappa shape index (κ1) is 15.3. The van der Waals surface area contributed by atoms with Crippen LogP contribution < -0.4 is 5.32 Å². The Kier molecular flexibility index (Phi) is 4.71. The van der Waals surface area contributed by atoms with E-state index in [1.165, 1.54) is 0 Å². The lowest BCUT2D eigenvalue weighted by Crippen LogP contribution is -2.23. The van der Waals surface area contributed by atoms with Crippen LogP contribution in [0.2, 0.25) is 0 Å². The molecule has 3 aromatic rings. The molecule has 0 aliphatic rings. The van der Waals surface area contributed by atoms with E-state index in [0.717, 1.165) is 41.6 Å². The van der Waals surface area contributed by atoms with Crippen molar-refractivity contribution in [3.8, 4) is 0 Å². The Hall–Kier alpha value is -2.62. The zero-order valence-corrected chi connectivity index (χ0v) is 13.2. The monoisotopic (exact) mass is 308 g/mol. The van der Waals surface area contributed by atoms with Gasteiger partial charge in [0.05, 0.1) is 5.56 Å². The second-order valence-electron chi connectivity index (χ2n) is 5.54. The minimum absolute atomic E-state index is 0.0853. The number of hydrogen-bond acceptors (Lipinski definition) is 3. The first-order chi connectivity index (χ1) is 11.3. The third-order valence-corrected chi connectivity index (χ3v) is 3.86. The normalized spacial score (nSPS) is 10.8. The van der Waals surface area contributed by atoms with Gasteiger partial charge in [0.15, 0.2) is 0 Å². The molecule has 0 aliphatic carbocycles. The second kappa shape index (κ2) is 7.09. The quantitative estimate of drug-likeness (QED) is 0.746. The molecule has 0 aliphatic heterocycles. The Labute approximate surface area is 135 Å². The topological polar surface area (TPSA) is 55.1 Å². The molecule has 0 spiro atoms. The number of fused-ring (bicyclic) bond motifs is 1. The summed E-state index contributed by atoms with van der Waals surface area (Å²) >= 11 is 0. The van der Waals surface area contributed by atoms with Gasteiger partial charge in [-0.2, -0.15) is 0 Å². The molecule has 3 rings (SSSR count). The number of hydrogen-bond donors (Lipinski definition) is 1. The molecule has 0 saturated carbocycles. The van der Waals surface area contributed by atoms with E-state index in [1.807, 2.05) is 36.4 Å². The molecule has 2 heterocycles. The van der Waals surface area contributed by atoms with Crippen LogP contribution in [0.25, 0.3) is 11.0 Å². The molecule has 4 heteroatoms. The number of benzene rings is 1. The van der Waals surface area contributed by atoms with Crippen molar-refractivity contribution in [3.63, 3.8) is 0 Å². The van der Waals surface area contributed by atoms with Gasteiger partial charge in [-0.05, 0) is 30.2 Å². The number of nitrogens with zero attached hydrogens (tertiary/aromatic N) is 1. The summed E-state index contributed by atoms with van der Waals surface area (Å²) in [6, 6.07) is 11.5. The van der Waals surface area contributed by atoms with E-state index in [1.54, 1.807) is 12.4 Å². The highest BCUT2D eigenvalue weighted by atomic mass is 16.3. The highest BCUT2D eigenvalue weighted by Crippen LogP contribution is 2.27. The van der Waals surface area contributed by atoms with Crippen molar-refractivity contribution in [2.24, 2.45) is 0 Å². The highest BCUT2D eigenvalue weighted by Gasteiger charge is 2.19. The minimum atomic E-state index is -0.0853. The van der Waals surface area contributed by atoms with Crippen LogP contribution in [0, 0.1) is 0 Å². The van der Waals surface area contributed by atoms with Crippen molar-refractivity contribution in [1.29, 1.82) is 0 Å². The highest BCUT2D eigenvalue weighted by molar-refractivity contribution is 6.07. The van der Waals surface area contributed by atoms with E-state index in [9.17, 15) is 4.79 Å². The predicted molar refractivity (Wildman–Crippen MR) is 90.2 cm³/mol. The molecule has 0 fully saturated rings. The Morgan fingerprint density at radius 3 is 2.74 bits per heavy atom. The first-order valence-electron chi connectivity index (χ1n) is 7.97. The number of nitrogens with one attached hydrogen (secondary N) is 1. The lowest BCUT2D eigenvalue weighted by Gasteiger charge is -2.06. The van der Waals surface area contributed by atoms with Gasteiger partial charge in [0.1, 0.15) is 11.3 Å². The number of carbonyl (C=O) groups is 1. The maximum Gasteiger partial charge on any atom is 0.255 e. The van der Waals surface area contributed by atoms with Crippen LogP contribution in [-0.2, 0) is 13.0 Å². The third kappa shape index (κ3) is 3.42. The zero-order valence-electron chi connectivity index (χ0n) is 13.2. The molecule has 1 N–H and O–H groups in total. The summed E-state index contributed by atoms with van der Waals surface area (Å²) in [6.07, 6.45) is 6.30. The Balaban J connectivity index is 1.85. The standard InChI is InChI=1S/C19H20N2O2/c1-2-3-7-17-18(15-6-4-5-8-16(15)23-17)19(22)21-13-14-9-11-20-12-10-14/h4-6,8-12H,2-3,7,13H2,1H3,(H,21,22). The number of amides is 1. The van der Waals surface area contributed by atoms with Gasteiger partial charge in [0.2, 0.25) is 0 Å². The van der Waals surface area contributed by atoms with Gasteiger partial charge < -0.3 is 9.73 Å². The van der Waals surface area contributed by atoms with Gasteiger partial charge in [-0.25, -0.2) is 0 Å². The van der Waals surface area contributed by atoms with Crippen LogP contribution in [-0.4, -0.2) is 10.9 Å². The van der Waals surface area contributed by atoms with Crippen molar-refractivity contribution < 1.29 is 9.21 Å². The average Bonchev–Trinajstić information content (AvgIpc) is 2.97. The zero-order chi connectivity index (χ0) is 16.1. The molecule has 0 atom stereocenters. The Bertz CT molecular complexity index is 793. The molecule has 1 amide bonds. The van der Waals surface area contributed by atoms with Crippen molar-refractivity contribution in [2.75, 3.05) is 0 Å². The number of pyridine rings is 1. The van der Waals surface area contributed by atoms with Gasteiger partial charge >= 0.3 is 0 Å². The number of aromatic nitrogens is 1. The van der Waals surface area contributed by atoms with Gasteiger partial charge in [-0.15, -0.1) is 0 Å². The molecular formula is C19H20N2O2. The van der Waals surface area contributed by atoms with Crippen LogP contribution in [0.15, 0.2) is 53.2 Å². The van der Waals surface area contributed by atoms with Crippen LogP contribution in [0.3, 0.4) is 0 Å². The lowest BCUT2D eigenvalue weighted by atomic mass is 10.1. The van der Waals surface area contributed by atoms with Gasteiger partial charge in [0, 0.05) is 30.7 Å². The molecule has 23 heavy (non-hydrogen) atoms. The summed E-state index contributed by atoms with van der Waals surface area (Å²) < 4.78 is 5.90. The number of carbonyl (C=O) groups excluding carboxylic acids is 1. The van der Waals surface area contributed by atoms with Gasteiger partial charge in [0.25, 0.3) is 5.91 Å². The van der Waals surface area contributed by atoms with Crippen molar-refractivity contribution >= 4 is 16.9 Å². The van der Waals surface area contributed by atoms with E-state index in [0.29, 0.717) is 12.1 Å². The molecule has 0 bridgehead atoms. The van der Waals surface area contributed by atoms with Crippen LogP contribution in [0.1, 0.15) is 41.4 Å². The van der Waals surface area contributed by atoms with Gasteiger partial charge in [-0.1, -0.05) is 31.5 Å². The van der Waals surface area contributed by atoms with Crippen molar-refractivity contribution in [1.82, 2.24) is 10.3 Å².